The van der Waals surface area contributed by atoms with Crippen LogP contribution in [0.2, 0.25) is 0 Å². The molecule has 8 fully saturated rings. The van der Waals surface area contributed by atoms with Crippen LogP contribution in [-0.4, -0.2) is 266 Å². The first-order valence-corrected chi connectivity index (χ1v) is 40.4. The molecule has 1 spiro atoms. The number of cyclic esters (lactones) is 2. The Balaban J connectivity index is 0.000000481. The fraction of sp³-hybridized carbons (Fsp3) is 0.707. The normalized spacial score (nSPS) is 33.3. The second-order valence-electron chi connectivity index (χ2n) is 35.6. The van der Waals surface area contributed by atoms with Gasteiger partial charge in [0, 0.05) is 52.3 Å². The van der Waals surface area contributed by atoms with Crippen molar-refractivity contribution >= 4 is 87.8 Å². The molecule has 1 aromatic rings. The molecule has 2 bridgehead atoms. The predicted molar refractivity (Wildman–Crippen MR) is 417 cm³/mol. The van der Waals surface area contributed by atoms with Crippen molar-refractivity contribution in [2.75, 3.05) is 73.3 Å². The number of ether oxygens (including phenoxy) is 2. The van der Waals surface area contributed by atoms with Gasteiger partial charge in [-0.25, -0.2) is 14.6 Å². The van der Waals surface area contributed by atoms with E-state index in [1.165, 1.54) is 80.7 Å². The van der Waals surface area contributed by atoms with Gasteiger partial charge >= 0.3 is 11.9 Å². The van der Waals surface area contributed by atoms with E-state index in [2.05, 4.69) is 35.1 Å². The fourth-order valence-corrected chi connectivity index (χ4v) is 20.2. The van der Waals surface area contributed by atoms with Gasteiger partial charge in [-0.1, -0.05) is 75.3 Å². The molecule has 32 nitrogen and oxygen atoms in total. The lowest BCUT2D eigenvalue weighted by Crippen LogP contribution is -2.63. The summed E-state index contributed by atoms with van der Waals surface area (Å²) in [5.41, 5.74) is 2.62. The van der Waals surface area contributed by atoms with E-state index in [0.29, 0.717) is 36.7 Å². The molecular weight excluding hydrogens is 1470 g/mol. The highest BCUT2D eigenvalue weighted by Crippen LogP contribution is 2.75. The maximum Gasteiger partial charge on any atom is 0.329 e. The highest BCUT2D eigenvalue weighted by atomic mass is 16.6. The maximum absolute atomic E-state index is 15.2. The first kappa shape index (κ1) is 87.5. The van der Waals surface area contributed by atoms with E-state index in [1.54, 1.807) is 62.3 Å². The number of hydrogen-bond acceptors (Lipinski definition) is 22. The molecule has 0 aromatic heterocycles. The lowest BCUT2D eigenvalue weighted by atomic mass is 9.39. The summed E-state index contributed by atoms with van der Waals surface area (Å²) in [4.78, 5) is 199. The number of nitrogens with two attached hydrogens (primary N) is 1. The topological polar surface area (TPSA) is 441 Å². The van der Waals surface area contributed by atoms with Crippen molar-refractivity contribution in [2.45, 2.75) is 246 Å². The average Bonchev–Trinajstić information content (AvgIpc) is 1.47. The monoisotopic (exact) mass is 1590 g/mol. The number of aliphatic hydroxyl groups is 4. The quantitative estimate of drug-likeness (QED) is 0.0800. The van der Waals surface area contributed by atoms with Gasteiger partial charge in [0.25, 0.3) is 11.8 Å². The maximum atomic E-state index is 15.2. The molecule has 1 aromatic carbocycles. The van der Waals surface area contributed by atoms with Crippen molar-refractivity contribution in [3.8, 4) is 11.5 Å². The van der Waals surface area contributed by atoms with E-state index in [9.17, 15) is 73.2 Å². The summed E-state index contributed by atoms with van der Waals surface area (Å²) >= 11 is 0. The van der Waals surface area contributed by atoms with E-state index in [-0.39, 0.29) is 83.9 Å². The number of nitrogens with one attached hydrogen (secondary N) is 4. The zero-order chi connectivity index (χ0) is 84.4. The Hall–Kier alpha value is -8.88. The third-order valence-corrected chi connectivity index (χ3v) is 27.1. The number of aryl methyl sites for hydroxylation is 1. The van der Waals surface area contributed by atoms with Gasteiger partial charge in [0.15, 0.2) is 11.3 Å². The fourth-order valence-electron chi connectivity index (χ4n) is 20.2. The molecule has 5 heterocycles. The number of carbonyl (C=O) groups is 12. The molecule has 10 N–H and O–H groups in total. The number of esters is 2. The van der Waals surface area contributed by atoms with Gasteiger partial charge in [-0.2, -0.15) is 0 Å². The van der Waals surface area contributed by atoms with Crippen LogP contribution < -0.4 is 32.4 Å². The third kappa shape index (κ3) is 15.9. The minimum absolute atomic E-state index is 0.0547. The second-order valence-corrected chi connectivity index (χ2v) is 35.6. The van der Waals surface area contributed by atoms with Crippen LogP contribution in [0.25, 0.3) is 22.6 Å². The number of hydrogen-bond donors (Lipinski definition) is 9. The lowest BCUT2D eigenvalue weighted by Gasteiger charge is -2.66. The van der Waals surface area contributed by atoms with Crippen LogP contribution in [0.3, 0.4) is 0 Å². The molecule has 5 aliphatic heterocycles. The summed E-state index contributed by atoms with van der Waals surface area (Å²) in [7, 11) is 5.59. The van der Waals surface area contributed by atoms with Crippen LogP contribution >= 0.6 is 0 Å². The highest BCUT2D eigenvalue weighted by molar-refractivity contribution is 6.10. The van der Waals surface area contributed by atoms with Crippen molar-refractivity contribution in [3.05, 3.63) is 44.6 Å². The summed E-state index contributed by atoms with van der Waals surface area (Å²) in [6.45, 7) is 22.8. The zero-order valence-corrected chi connectivity index (χ0v) is 69.3. The van der Waals surface area contributed by atoms with E-state index >= 15 is 9.59 Å². The van der Waals surface area contributed by atoms with Crippen molar-refractivity contribution in [1.29, 1.82) is 0 Å². The number of nitrogens with zero attached hydrogens (tertiary/aromatic N) is 7. The molecule has 10 amide bonds. The summed E-state index contributed by atoms with van der Waals surface area (Å²) in [5, 5.41) is 52.0. The van der Waals surface area contributed by atoms with Crippen LogP contribution in [0.4, 0.5) is 5.69 Å². The number of carbonyl (C=O) groups excluding carboxylic acids is 12. The Kier molecular flexibility index (Phi) is 25.9. The molecule has 4 saturated carbocycles. The minimum atomic E-state index is -1.88. The van der Waals surface area contributed by atoms with Gasteiger partial charge in [0.1, 0.15) is 71.8 Å². The number of rotatable bonds is 10. The van der Waals surface area contributed by atoms with Crippen molar-refractivity contribution in [1.82, 2.24) is 55.7 Å². The molecule has 628 valence electrons. The van der Waals surface area contributed by atoms with E-state index in [1.807, 2.05) is 0 Å². The molecule has 0 radical (unpaired) electrons. The largest absolute Gasteiger partial charge is 0.458 e. The highest BCUT2D eigenvalue weighted by Gasteiger charge is 2.70. The number of nitrogen functional groups attached to an aromatic ring is 1. The summed E-state index contributed by atoms with van der Waals surface area (Å²) in [6, 6.07) is -7.90. The Morgan fingerprint density at radius 2 is 1.13 bits per heavy atom. The molecule has 11 rings (SSSR count). The number of likely N-dealkylation sites (N-methyl/N-ethyl adjacent to an activating group) is 4. The predicted octanol–water partition coefficient (Wildman–Crippen LogP) is 2.81. The first-order valence-electron chi connectivity index (χ1n) is 40.4. The standard InChI is InChI=1S/C62H86N12O16.C20H34O4/c1-27(2)42-59(84)73-23-17-19-36(73)57(82)69(13)25-38(75)71(15)48(29(5)6)61(86)88-33(11)44(55(80)65-42)67-53(78)35-22-21-31(9)51-46(35)64-47-40(41(63)50(77)32(10)52(47)90-51)54(79)68-45-34(12)89-62(87)49(30(7)8)72(16)39(76)26-70(14)58(83)37-20-18-24-74(37)60(85)43(28(3)4)66-56(45)81;1-17(11-21)15-4-3-13-9-14-10-19(13,7-8-20(14,24)12-22)18(15,2)6-5-16(17)23/h21-22,27-30,33-34,36-37,42-45,48-49H,17-20,23-26,63H2,1-16H3,(H,65,80)(H,66,81)(H,67,78)(H,68,79);13-16,21-24H,3-12H2,1-2H3/t33-,34-,36+,37+,42-,43-,44+,45+,48+,49+;13-,14+,15-,16+,17-,18-,19-,20-/m10/s1. The van der Waals surface area contributed by atoms with Crippen molar-refractivity contribution in [3.63, 3.8) is 0 Å². The molecule has 18 atom stereocenters. The molecule has 5 aliphatic carbocycles. The van der Waals surface area contributed by atoms with Crippen molar-refractivity contribution in [2.24, 2.45) is 57.7 Å². The number of fused-ring (bicyclic) bond motifs is 6. The van der Waals surface area contributed by atoms with Gasteiger partial charge < -0.3 is 90.7 Å². The minimum Gasteiger partial charge on any atom is -0.458 e. The summed E-state index contributed by atoms with van der Waals surface area (Å²) in [6.07, 6.45) is 5.68. The number of anilines is 1. The van der Waals surface area contributed by atoms with Crippen LogP contribution in [0.1, 0.15) is 192 Å². The Bertz CT molecular complexity index is 4300. The lowest BCUT2D eigenvalue weighted by molar-refractivity contribution is -0.216. The second kappa shape index (κ2) is 33.8. The Morgan fingerprint density at radius 1 is 0.640 bits per heavy atom. The average molecular weight is 1590 g/mol. The summed E-state index contributed by atoms with van der Waals surface area (Å²) in [5.74, 6) is -11.2. The number of aromatic nitrogens is 1. The third-order valence-electron chi connectivity index (χ3n) is 27.1. The Labute approximate surface area is 665 Å². The van der Waals surface area contributed by atoms with Gasteiger partial charge in [0.2, 0.25) is 52.7 Å². The van der Waals surface area contributed by atoms with Gasteiger partial charge in [-0.3, -0.25) is 52.7 Å². The van der Waals surface area contributed by atoms with Crippen LogP contribution in [-0.2, 0) is 57.4 Å². The van der Waals surface area contributed by atoms with Crippen LogP contribution in [0, 0.1) is 71.5 Å². The van der Waals surface area contributed by atoms with E-state index < -0.39 is 208 Å². The molecule has 4 saturated heterocycles. The summed E-state index contributed by atoms with van der Waals surface area (Å²) < 4.78 is 18.3. The molecular formula is C82H120N12O20. The molecule has 10 aliphatic rings. The SMILES string of the molecule is C[C@@]1(CO)[C@H](O)CC[C@@]2(C)[C@H]1CC[C@H]1C[C@@H]3C[C@@]12CC[C@]3(O)CO.Cc1c2oc3c(C)ccc(C(=O)N[C@@H]4C(=O)N[C@H](C(C)C)C(=O)N5CCC[C@H]5C(=O)N(C)CC(=O)N(C)[C@@H](C(C)C)C(=O)O[C@@H]4C)c3nc-2c(C(=O)N[C@@H]2C(=O)N[C@H](C(C)C)C(=O)N3CCC[C@H]3C(=O)N(C)CC(=O)N(C)[C@@H](C(C)C)C(=O)O[C@@H]2C)c(N)c1=O. The first-order chi connectivity index (χ1) is 53.4. The van der Waals surface area contributed by atoms with Gasteiger partial charge in [0.05, 0.1) is 54.8 Å². The van der Waals surface area contributed by atoms with Crippen molar-refractivity contribution < 1.29 is 91.9 Å². The van der Waals surface area contributed by atoms with Gasteiger partial charge in [-0.05, 0) is 169 Å². The Morgan fingerprint density at radius 3 is 1.60 bits per heavy atom. The zero-order valence-electron chi connectivity index (χ0n) is 69.3. The number of benzene rings is 2. The number of aliphatic hydroxyl groups excluding tert-OH is 3. The van der Waals surface area contributed by atoms with E-state index in [4.69, 9.17) is 24.6 Å². The molecule has 32 heteroatoms. The van der Waals surface area contributed by atoms with Gasteiger partial charge in [-0.15, -0.1) is 0 Å². The van der Waals surface area contributed by atoms with E-state index in [0.717, 1.165) is 54.7 Å². The molecule has 114 heavy (non-hydrogen) atoms. The molecule has 0 unspecified atom stereocenters. The van der Waals surface area contributed by atoms with Crippen LogP contribution in [0.5, 0.6) is 0 Å². The van der Waals surface area contributed by atoms with Crippen LogP contribution in [0.15, 0.2) is 21.3 Å². The number of amides is 10. The smallest absolute Gasteiger partial charge is 0.329 e.